The Morgan fingerprint density at radius 1 is 1.21 bits per heavy atom. The normalized spacial score (nSPS) is 26.0. The second-order valence-electron chi connectivity index (χ2n) is 8.21. The average Bonchev–Trinajstić information content (AvgIpc) is 3.30. The summed E-state index contributed by atoms with van der Waals surface area (Å²) >= 11 is 1.73. The Kier molecular flexibility index (Phi) is 7.39. The third-order valence-corrected chi connectivity index (χ3v) is 6.97. The quantitative estimate of drug-likeness (QED) is 0.515. The first-order valence-electron chi connectivity index (χ1n) is 10.8. The predicted octanol–water partition coefficient (Wildman–Crippen LogP) is 1.95. The zero-order chi connectivity index (χ0) is 20.1. The molecule has 4 heterocycles. The fraction of sp³-hybridized carbons (Fsp3) is 0.762. The Bertz CT molecular complexity index is 693. The van der Waals surface area contributed by atoms with E-state index in [-0.39, 0.29) is 11.8 Å². The molecule has 8 heteroatoms. The lowest BCUT2D eigenvalue weighted by Gasteiger charge is -2.34. The van der Waals surface area contributed by atoms with Crippen LogP contribution in [-0.4, -0.2) is 90.6 Å². The highest BCUT2D eigenvalue weighted by Crippen LogP contribution is 2.30. The van der Waals surface area contributed by atoms with Gasteiger partial charge in [0.25, 0.3) is 0 Å². The number of amides is 1. The zero-order valence-corrected chi connectivity index (χ0v) is 18.2. The summed E-state index contributed by atoms with van der Waals surface area (Å²) in [5.74, 6) is 1.60. The number of ether oxygens (including phenoxy) is 2. The van der Waals surface area contributed by atoms with E-state index in [1.807, 2.05) is 11.1 Å². The molecule has 1 aromatic rings. The minimum Gasteiger partial charge on any atom is -0.381 e. The maximum atomic E-state index is 12.8. The molecule has 2 atom stereocenters. The van der Waals surface area contributed by atoms with Gasteiger partial charge in [-0.1, -0.05) is 11.8 Å². The molecule has 0 radical (unpaired) electrons. The Morgan fingerprint density at radius 2 is 2.07 bits per heavy atom. The summed E-state index contributed by atoms with van der Waals surface area (Å²) < 4.78 is 10.8. The van der Waals surface area contributed by atoms with Crippen molar-refractivity contribution in [3.05, 3.63) is 17.5 Å². The Hall–Kier alpha value is -1.22. The summed E-state index contributed by atoms with van der Waals surface area (Å²) in [5, 5.41) is 0.853. The molecule has 29 heavy (non-hydrogen) atoms. The van der Waals surface area contributed by atoms with Crippen molar-refractivity contribution in [3.8, 4) is 0 Å². The van der Waals surface area contributed by atoms with Crippen LogP contribution in [0.4, 0.5) is 0 Å². The van der Waals surface area contributed by atoms with Crippen LogP contribution in [0.15, 0.2) is 11.4 Å². The van der Waals surface area contributed by atoms with E-state index in [1.54, 1.807) is 11.8 Å². The Balaban J connectivity index is 1.35. The molecule has 7 nitrogen and oxygen atoms in total. The highest BCUT2D eigenvalue weighted by Gasteiger charge is 2.32. The zero-order valence-electron chi connectivity index (χ0n) is 17.3. The SMILES string of the molecule is Cc1cnc(SCCN2CCOCC2)nc1[C@@H]1CCCN(C(=O)[C@H]2CCOC2)C1. The van der Waals surface area contributed by atoms with Crippen molar-refractivity contribution in [3.63, 3.8) is 0 Å². The van der Waals surface area contributed by atoms with Crippen molar-refractivity contribution >= 4 is 17.7 Å². The van der Waals surface area contributed by atoms with E-state index < -0.39 is 0 Å². The number of thioether (sulfide) groups is 1. The molecule has 1 amide bonds. The lowest BCUT2D eigenvalue weighted by atomic mass is 9.91. The van der Waals surface area contributed by atoms with Crippen LogP contribution in [0.5, 0.6) is 0 Å². The van der Waals surface area contributed by atoms with Crippen molar-refractivity contribution in [1.82, 2.24) is 19.8 Å². The van der Waals surface area contributed by atoms with E-state index in [4.69, 9.17) is 14.5 Å². The van der Waals surface area contributed by atoms with E-state index >= 15 is 0 Å². The van der Waals surface area contributed by atoms with Gasteiger partial charge in [0.05, 0.1) is 31.4 Å². The van der Waals surface area contributed by atoms with Gasteiger partial charge in [-0.05, 0) is 31.7 Å². The lowest BCUT2D eigenvalue weighted by Crippen LogP contribution is -2.42. The smallest absolute Gasteiger partial charge is 0.228 e. The number of nitrogens with zero attached hydrogens (tertiary/aromatic N) is 4. The van der Waals surface area contributed by atoms with Crippen LogP contribution in [0.3, 0.4) is 0 Å². The minimum atomic E-state index is 0.0477. The number of hydrogen-bond donors (Lipinski definition) is 0. The van der Waals surface area contributed by atoms with Crippen LogP contribution >= 0.6 is 11.8 Å². The largest absolute Gasteiger partial charge is 0.381 e. The number of hydrogen-bond acceptors (Lipinski definition) is 7. The van der Waals surface area contributed by atoms with Gasteiger partial charge < -0.3 is 14.4 Å². The van der Waals surface area contributed by atoms with Gasteiger partial charge in [0, 0.05) is 57.2 Å². The van der Waals surface area contributed by atoms with Crippen molar-refractivity contribution in [2.45, 2.75) is 37.3 Å². The first kappa shape index (κ1) is 21.0. The fourth-order valence-corrected chi connectivity index (χ4v) is 5.22. The molecule has 0 bridgehead atoms. The fourth-order valence-electron chi connectivity index (χ4n) is 4.40. The Labute approximate surface area is 177 Å². The van der Waals surface area contributed by atoms with Crippen LogP contribution in [0.2, 0.25) is 0 Å². The number of morpholine rings is 1. The van der Waals surface area contributed by atoms with Gasteiger partial charge in [-0.15, -0.1) is 0 Å². The van der Waals surface area contributed by atoms with Gasteiger partial charge in [0.15, 0.2) is 5.16 Å². The number of piperidine rings is 1. The number of carbonyl (C=O) groups excluding carboxylic acids is 1. The summed E-state index contributed by atoms with van der Waals surface area (Å²) in [7, 11) is 0. The molecule has 3 fully saturated rings. The molecule has 4 rings (SSSR count). The molecule has 0 aliphatic carbocycles. The molecule has 0 spiro atoms. The van der Waals surface area contributed by atoms with Gasteiger partial charge in [-0.25, -0.2) is 9.97 Å². The standard InChI is InChI=1S/C21H32N4O3S/c1-16-13-22-21(29-12-8-24-6-10-27-11-7-24)23-19(16)17-3-2-5-25(14-17)20(26)18-4-9-28-15-18/h13,17-18H,2-12,14-15H2,1H3/t17-,18+/m1/s1. The number of carbonyl (C=O) groups is 1. The van der Waals surface area contributed by atoms with E-state index in [0.29, 0.717) is 19.1 Å². The van der Waals surface area contributed by atoms with Crippen LogP contribution < -0.4 is 0 Å². The molecule has 3 aliphatic rings. The molecule has 160 valence electrons. The second kappa shape index (κ2) is 10.2. The lowest BCUT2D eigenvalue weighted by molar-refractivity contribution is -0.136. The summed E-state index contributed by atoms with van der Waals surface area (Å²) in [5.41, 5.74) is 2.25. The molecule has 0 unspecified atom stereocenters. The minimum absolute atomic E-state index is 0.0477. The van der Waals surface area contributed by atoms with Gasteiger partial charge in [0.2, 0.25) is 5.91 Å². The van der Waals surface area contributed by atoms with Crippen molar-refractivity contribution in [2.24, 2.45) is 5.92 Å². The molecule has 3 aliphatic heterocycles. The summed E-state index contributed by atoms with van der Waals surface area (Å²) in [6.45, 7) is 9.73. The maximum Gasteiger partial charge on any atom is 0.228 e. The number of aryl methyl sites for hydroxylation is 1. The molecule has 3 saturated heterocycles. The Morgan fingerprint density at radius 3 is 2.86 bits per heavy atom. The highest BCUT2D eigenvalue weighted by atomic mass is 32.2. The molecule has 0 saturated carbocycles. The molecular formula is C21H32N4O3S. The number of aromatic nitrogens is 2. The van der Waals surface area contributed by atoms with Crippen molar-refractivity contribution in [2.75, 3.05) is 64.9 Å². The second-order valence-corrected chi connectivity index (χ2v) is 9.27. The summed E-state index contributed by atoms with van der Waals surface area (Å²) in [6, 6.07) is 0. The third kappa shape index (κ3) is 5.48. The number of likely N-dealkylation sites (tertiary alicyclic amines) is 1. The molecule has 1 aromatic heterocycles. The van der Waals surface area contributed by atoms with Gasteiger partial charge in [0.1, 0.15) is 0 Å². The van der Waals surface area contributed by atoms with E-state index in [2.05, 4.69) is 16.8 Å². The van der Waals surface area contributed by atoms with Crippen LogP contribution in [0.25, 0.3) is 0 Å². The first-order chi connectivity index (χ1) is 14.2. The molecular weight excluding hydrogens is 388 g/mol. The molecule has 0 N–H and O–H groups in total. The van der Waals surface area contributed by atoms with Crippen molar-refractivity contribution < 1.29 is 14.3 Å². The van der Waals surface area contributed by atoms with Gasteiger partial charge in [-0.3, -0.25) is 9.69 Å². The molecule has 0 aromatic carbocycles. The maximum absolute atomic E-state index is 12.8. The summed E-state index contributed by atoms with van der Waals surface area (Å²) in [6.07, 6.45) is 4.93. The van der Waals surface area contributed by atoms with E-state index in [0.717, 1.165) is 87.4 Å². The first-order valence-corrected chi connectivity index (χ1v) is 11.8. The van der Waals surface area contributed by atoms with E-state index in [9.17, 15) is 4.79 Å². The highest BCUT2D eigenvalue weighted by molar-refractivity contribution is 7.99. The number of rotatable bonds is 6. The topological polar surface area (TPSA) is 67.8 Å². The average molecular weight is 421 g/mol. The van der Waals surface area contributed by atoms with E-state index in [1.165, 1.54) is 0 Å². The predicted molar refractivity (Wildman–Crippen MR) is 112 cm³/mol. The van der Waals surface area contributed by atoms with Crippen molar-refractivity contribution in [1.29, 1.82) is 0 Å². The van der Waals surface area contributed by atoms with Crippen LogP contribution in [0, 0.1) is 12.8 Å². The van der Waals surface area contributed by atoms with Crippen LogP contribution in [-0.2, 0) is 14.3 Å². The summed E-state index contributed by atoms with van der Waals surface area (Å²) in [4.78, 5) is 26.8. The van der Waals surface area contributed by atoms with Gasteiger partial charge >= 0.3 is 0 Å². The van der Waals surface area contributed by atoms with Crippen LogP contribution in [0.1, 0.15) is 36.4 Å². The third-order valence-electron chi connectivity index (χ3n) is 6.13. The monoisotopic (exact) mass is 420 g/mol. The van der Waals surface area contributed by atoms with Gasteiger partial charge in [-0.2, -0.15) is 0 Å².